The van der Waals surface area contributed by atoms with Crippen LogP contribution in [0.2, 0.25) is 0 Å². The number of aliphatic hydroxyl groups excluding tert-OH is 1. The molecule has 0 unspecified atom stereocenters. The fourth-order valence-electron chi connectivity index (χ4n) is 3.86. The first kappa shape index (κ1) is 17.1. The molecule has 0 atom stereocenters. The smallest absolute Gasteiger partial charge is 0.333 e. The van der Waals surface area contributed by atoms with E-state index in [1.54, 1.807) is 0 Å². The highest BCUT2D eigenvalue weighted by atomic mass is 32.2. The zero-order valence-corrected chi connectivity index (χ0v) is 15.0. The van der Waals surface area contributed by atoms with Crippen molar-refractivity contribution in [2.24, 2.45) is 0 Å². The lowest BCUT2D eigenvalue weighted by molar-refractivity contribution is 0.256. The third kappa shape index (κ3) is 2.99. The molecular formula is C18H20N2O5S. The molecule has 0 spiro atoms. The SMILES string of the molecule is O=C(Nc1c2c(cc3c1CCC3)CCC2)NS(=O)(=O)c1cc(CO)co1. The van der Waals surface area contributed by atoms with Crippen LogP contribution in [0.25, 0.3) is 0 Å². The number of anilines is 1. The average molecular weight is 376 g/mol. The van der Waals surface area contributed by atoms with E-state index in [2.05, 4.69) is 11.4 Å². The predicted octanol–water partition coefficient (Wildman–Crippen LogP) is 2.26. The number of hydrogen-bond donors (Lipinski definition) is 3. The first-order valence-corrected chi connectivity index (χ1v) is 10.1. The van der Waals surface area contributed by atoms with E-state index in [0.29, 0.717) is 5.56 Å². The molecule has 8 heteroatoms. The molecular weight excluding hydrogens is 356 g/mol. The minimum absolute atomic E-state index is 0.324. The Kier molecular flexibility index (Phi) is 4.24. The van der Waals surface area contributed by atoms with Gasteiger partial charge in [-0.15, -0.1) is 0 Å². The van der Waals surface area contributed by atoms with Gasteiger partial charge in [-0.3, -0.25) is 0 Å². The van der Waals surface area contributed by atoms with Crippen LogP contribution < -0.4 is 10.0 Å². The van der Waals surface area contributed by atoms with E-state index in [-0.39, 0.29) is 6.61 Å². The quantitative estimate of drug-likeness (QED) is 0.758. The van der Waals surface area contributed by atoms with Crippen LogP contribution in [-0.2, 0) is 42.3 Å². The summed E-state index contributed by atoms with van der Waals surface area (Å²) in [7, 11) is -4.14. The highest BCUT2D eigenvalue weighted by molar-refractivity contribution is 7.89. The summed E-state index contributed by atoms with van der Waals surface area (Å²) in [4.78, 5) is 12.4. The molecule has 0 aliphatic heterocycles. The number of urea groups is 1. The number of benzene rings is 1. The molecule has 2 aliphatic carbocycles. The van der Waals surface area contributed by atoms with Crippen LogP contribution in [0.5, 0.6) is 0 Å². The predicted molar refractivity (Wildman–Crippen MR) is 94.5 cm³/mol. The standard InChI is InChI=1S/C18H20N2O5S/c21-9-11-7-16(25-10-11)26(23,24)20-18(22)19-17-14-5-1-3-12(14)8-13-4-2-6-15(13)17/h7-8,10,21H,1-6,9H2,(H2,19,20,22). The summed E-state index contributed by atoms with van der Waals surface area (Å²) in [5, 5.41) is 11.4. The largest absolute Gasteiger partial charge is 0.451 e. The molecule has 2 aliphatic rings. The number of aryl methyl sites for hydroxylation is 2. The molecule has 0 saturated heterocycles. The van der Waals surface area contributed by atoms with Gasteiger partial charge < -0.3 is 14.8 Å². The molecule has 3 N–H and O–H groups in total. The third-order valence-corrected chi connectivity index (χ3v) is 6.21. The molecule has 0 bridgehead atoms. The fourth-order valence-corrected chi connectivity index (χ4v) is 4.73. The lowest BCUT2D eigenvalue weighted by Gasteiger charge is -2.16. The number of carbonyl (C=O) groups is 1. The number of hydrogen-bond acceptors (Lipinski definition) is 5. The van der Waals surface area contributed by atoms with Crippen molar-refractivity contribution in [2.45, 2.75) is 50.2 Å². The van der Waals surface area contributed by atoms with Crippen LogP contribution in [0.1, 0.15) is 40.7 Å². The number of sulfonamides is 1. The van der Waals surface area contributed by atoms with E-state index in [4.69, 9.17) is 9.52 Å². The van der Waals surface area contributed by atoms with E-state index in [0.717, 1.165) is 61.6 Å². The first-order chi connectivity index (χ1) is 12.5. The third-order valence-electron chi connectivity index (χ3n) is 5.02. The molecule has 1 heterocycles. The van der Waals surface area contributed by atoms with Crippen LogP contribution in [-0.4, -0.2) is 19.6 Å². The van der Waals surface area contributed by atoms with Crippen LogP contribution in [0.15, 0.2) is 27.9 Å². The minimum atomic E-state index is -4.14. The fraction of sp³-hybridized carbons (Fsp3) is 0.389. The second-order valence-corrected chi connectivity index (χ2v) is 8.34. The molecule has 7 nitrogen and oxygen atoms in total. The number of nitrogens with one attached hydrogen (secondary N) is 2. The van der Waals surface area contributed by atoms with E-state index >= 15 is 0 Å². The summed E-state index contributed by atoms with van der Waals surface area (Å²) in [6.07, 6.45) is 7.00. The van der Waals surface area contributed by atoms with Gasteiger partial charge in [-0.2, -0.15) is 8.42 Å². The van der Waals surface area contributed by atoms with Crippen molar-refractivity contribution in [2.75, 3.05) is 5.32 Å². The van der Waals surface area contributed by atoms with Crippen molar-refractivity contribution in [3.05, 3.63) is 46.2 Å². The van der Waals surface area contributed by atoms with Gasteiger partial charge in [-0.25, -0.2) is 9.52 Å². The Morgan fingerprint density at radius 1 is 1.08 bits per heavy atom. The van der Waals surface area contributed by atoms with Crippen molar-refractivity contribution in [3.8, 4) is 0 Å². The Balaban J connectivity index is 1.58. The number of aliphatic hydroxyl groups is 1. The Morgan fingerprint density at radius 2 is 1.73 bits per heavy atom. The second-order valence-electron chi connectivity index (χ2n) is 6.73. The van der Waals surface area contributed by atoms with E-state index in [1.165, 1.54) is 17.2 Å². The zero-order valence-electron chi connectivity index (χ0n) is 14.2. The van der Waals surface area contributed by atoms with Crippen LogP contribution >= 0.6 is 0 Å². The molecule has 0 radical (unpaired) electrons. The number of furan rings is 1. The van der Waals surface area contributed by atoms with Crippen molar-refractivity contribution >= 4 is 21.7 Å². The van der Waals surface area contributed by atoms with E-state index in [9.17, 15) is 13.2 Å². The average Bonchev–Trinajstić information content (AvgIpc) is 3.33. The molecule has 0 saturated carbocycles. The highest BCUT2D eigenvalue weighted by Gasteiger charge is 2.27. The van der Waals surface area contributed by atoms with Crippen molar-refractivity contribution in [1.82, 2.24) is 4.72 Å². The number of fused-ring (bicyclic) bond motifs is 2. The van der Waals surface area contributed by atoms with Gasteiger partial charge in [0.05, 0.1) is 12.9 Å². The summed E-state index contributed by atoms with van der Waals surface area (Å²) in [5.41, 5.74) is 5.85. The maximum absolute atomic E-state index is 12.4. The lowest BCUT2D eigenvalue weighted by Crippen LogP contribution is -2.34. The van der Waals surface area contributed by atoms with Gasteiger partial charge in [-0.1, -0.05) is 6.07 Å². The molecule has 2 amide bonds. The van der Waals surface area contributed by atoms with Crippen molar-refractivity contribution < 1.29 is 22.7 Å². The van der Waals surface area contributed by atoms with Crippen LogP contribution in [0.3, 0.4) is 0 Å². The highest BCUT2D eigenvalue weighted by Crippen LogP contribution is 2.38. The van der Waals surface area contributed by atoms with Gasteiger partial charge in [0.2, 0.25) is 5.09 Å². The summed E-state index contributed by atoms with van der Waals surface area (Å²) < 4.78 is 31.5. The Hall–Kier alpha value is -2.32. The van der Waals surface area contributed by atoms with Gasteiger partial charge in [-0.05, 0) is 60.8 Å². The summed E-state index contributed by atoms with van der Waals surface area (Å²) in [5.74, 6) is 0. The van der Waals surface area contributed by atoms with E-state index in [1.807, 2.05) is 4.72 Å². The summed E-state index contributed by atoms with van der Waals surface area (Å²) in [6, 6.07) is 2.62. The van der Waals surface area contributed by atoms with Gasteiger partial charge in [0.25, 0.3) is 10.0 Å². The van der Waals surface area contributed by atoms with Crippen LogP contribution in [0.4, 0.5) is 10.5 Å². The Labute approximate surface area is 151 Å². The van der Waals surface area contributed by atoms with E-state index < -0.39 is 21.1 Å². The maximum atomic E-state index is 12.4. The number of rotatable bonds is 4. The van der Waals surface area contributed by atoms with Crippen molar-refractivity contribution in [3.63, 3.8) is 0 Å². The summed E-state index contributed by atoms with van der Waals surface area (Å²) in [6.45, 7) is -0.340. The molecule has 4 rings (SSSR count). The summed E-state index contributed by atoms with van der Waals surface area (Å²) >= 11 is 0. The molecule has 1 aromatic carbocycles. The van der Waals surface area contributed by atoms with Crippen LogP contribution in [0, 0.1) is 0 Å². The number of amides is 2. The van der Waals surface area contributed by atoms with Crippen molar-refractivity contribution in [1.29, 1.82) is 0 Å². The monoisotopic (exact) mass is 376 g/mol. The second kappa shape index (κ2) is 6.44. The first-order valence-electron chi connectivity index (χ1n) is 8.66. The van der Waals surface area contributed by atoms with Gasteiger partial charge in [0.1, 0.15) is 0 Å². The molecule has 138 valence electrons. The topological polar surface area (TPSA) is 109 Å². The lowest BCUT2D eigenvalue weighted by atomic mass is 9.99. The molecule has 1 aromatic heterocycles. The Morgan fingerprint density at radius 3 is 2.31 bits per heavy atom. The maximum Gasteiger partial charge on any atom is 0.333 e. The minimum Gasteiger partial charge on any atom is -0.451 e. The Bertz CT molecular complexity index is 945. The number of carbonyl (C=O) groups excluding carboxylic acids is 1. The molecule has 26 heavy (non-hydrogen) atoms. The zero-order chi connectivity index (χ0) is 18.3. The van der Waals surface area contributed by atoms with Gasteiger partial charge in [0, 0.05) is 17.3 Å². The molecule has 0 fully saturated rings. The molecule has 2 aromatic rings. The van der Waals surface area contributed by atoms with Gasteiger partial charge >= 0.3 is 6.03 Å². The van der Waals surface area contributed by atoms with Gasteiger partial charge in [0.15, 0.2) is 0 Å². The normalized spacial score (nSPS) is 15.6.